The van der Waals surface area contributed by atoms with Gasteiger partial charge >= 0.3 is 11.9 Å². The summed E-state index contributed by atoms with van der Waals surface area (Å²) in [6.45, 7) is 1.20. The summed E-state index contributed by atoms with van der Waals surface area (Å²) in [6.07, 6.45) is -0.459. The first kappa shape index (κ1) is 27.9. The third kappa shape index (κ3) is 7.86. The van der Waals surface area contributed by atoms with Crippen LogP contribution in [0.4, 0.5) is 10.1 Å². The van der Waals surface area contributed by atoms with Crippen molar-refractivity contribution in [3.63, 3.8) is 0 Å². The monoisotopic (exact) mass is 503 g/mol. The number of ether oxygens (including phenoxy) is 2. The number of carbonyl (C=O) groups is 4. The molecule has 0 aliphatic heterocycles. The fourth-order valence-electron chi connectivity index (χ4n) is 3.59. The quantitative estimate of drug-likeness (QED) is 0.267. The molecule has 0 saturated heterocycles. The highest BCUT2D eigenvalue weighted by Gasteiger charge is 2.36. The zero-order valence-corrected chi connectivity index (χ0v) is 19.9. The predicted molar refractivity (Wildman–Crippen MR) is 124 cm³/mol. The topological polar surface area (TPSA) is 154 Å². The lowest BCUT2D eigenvalue weighted by molar-refractivity contribution is -0.384. The van der Waals surface area contributed by atoms with Crippen LogP contribution in [-0.2, 0) is 35.1 Å². The number of nitro benzene ring substituents is 1. The van der Waals surface area contributed by atoms with E-state index in [0.29, 0.717) is 11.1 Å². The molecule has 0 saturated carbocycles. The largest absolute Gasteiger partial charge is 0.469 e. The van der Waals surface area contributed by atoms with Crippen LogP contribution in [0.3, 0.4) is 0 Å². The highest BCUT2D eigenvalue weighted by Crippen LogP contribution is 2.27. The second kappa shape index (κ2) is 12.9. The van der Waals surface area contributed by atoms with E-state index in [9.17, 15) is 33.7 Å². The van der Waals surface area contributed by atoms with Crippen LogP contribution in [0.2, 0.25) is 0 Å². The summed E-state index contributed by atoms with van der Waals surface area (Å²) in [7, 11) is 2.23. The number of carbonyl (C=O) groups excluding carboxylic acids is 4. The molecule has 0 aliphatic carbocycles. The standard InChI is InChI=1S/C24H26FN3O8/c1-14(29)26-20(12-15-5-4-6-17(25)11-15)23(31)27-22(24(32)36-3)19(13-21(30)35-2)16-7-9-18(10-8-16)28(33)34/h4-11,19-20,22H,12-13H2,1-3H3,(H,26,29)(H,27,31)/t19-,20+,22-/m0/s1. The Bertz CT molecular complexity index is 1120. The van der Waals surface area contributed by atoms with Crippen LogP contribution in [0.15, 0.2) is 48.5 Å². The molecule has 2 aromatic carbocycles. The molecule has 11 nitrogen and oxygen atoms in total. The van der Waals surface area contributed by atoms with Crippen LogP contribution < -0.4 is 10.6 Å². The van der Waals surface area contributed by atoms with Crippen LogP contribution in [0.1, 0.15) is 30.4 Å². The molecule has 192 valence electrons. The fourth-order valence-corrected chi connectivity index (χ4v) is 3.59. The van der Waals surface area contributed by atoms with E-state index in [2.05, 4.69) is 10.6 Å². The van der Waals surface area contributed by atoms with Crippen molar-refractivity contribution >= 4 is 29.4 Å². The lowest BCUT2D eigenvalue weighted by Gasteiger charge is -2.28. The number of rotatable bonds is 11. The van der Waals surface area contributed by atoms with Gasteiger partial charge in [-0.05, 0) is 23.3 Å². The van der Waals surface area contributed by atoms with Gasteiger partial charge < -0.3 is 20.1 Å². The molecule has 0 unspecified atom stereocenters. The maximum atomic E-state index is 13.6. The smallest absolute Gasteiger partial charge is 0.329 e. The van der Waals surface area contributed by atoms with E-state index in [1.807, 2.05) is 0 Å². The van der Waals surface area contributed by atoms with Crippen LogP contribution in [-0.4, -0.2) is 55.0 Å². The molecule has 2 amide bonds. The van der Waals surface area contributed by atoms with Crippen LogP contribution >= 0.6 is 0 Å². The zero-order valence-electron chi connectivity index (χ0n) is 19.9. The molecule has 3 atom stereocenters. The van der Waals surface area contributed by atoms with E-state index in [1.165, 1.54) is 49.4 Å². The van der Waals surface area contributed by atoms with Gasteiger partial charge in [0.25, 0.3) is 5.69 Å². The first-order valence-corrected chi connectivity index (χ1v) is 10.8. The van der Waals surface area contributed by atoms with Gasteiger partial charge in [0.15, 0.2) is 0 Å². The average Bonchev–Trinajstić information content (AvgIpc) is 2.84. The van der Waals surface area contributed by atoms with Gasteiger partial charge in [-0.25, -0.2) is 9.18 Å². The van der Waals surface area contributed by atoms with Gasteiger partial charge in [0, 0.05) is 31.4 Å². The first-order chi connectivity index (χ1) is 17.0. The summed E-state index contributed by atoms with van der Waals surface area (Å²) in [4.78, 5) is 60.2. The number of benzene rings is 2. The minimum absolute atomic E-state index is 0.0870. The molecule has 0 fully saturated rings. The second-order valence-electron chi connectivity index (χ2n) is 7.83. The van der Waals surface area contributed by atoms with E-state index < -0.39 is 52.5 Å². The minimum Gasteiger partial charge on any atom is -0.469 e. The van der Waals surface area contributed by atoms with E-state index in [-0.39, 0.29) is 18.5 Å². The Morgan fingerprint density at radius 1 is 1.03 bits per heavy atom. The summed E-state index contributed by atoms with van der Waals surface area (Å²) in [5.41, 5.74) is 0.526. The van der Waals surface area contributed by atoms with E-state index in [1.54, 1.807) is 6.07 Å². The minimum atomic E-state index is -1.42. The summed E-state index contributed by atoms with van der Waals surface area (Å²) >= 11 is 0. The molecule has 2 N–H and O–H groups in total. The summed E-state index contributed by atoms with van der Waals surface area (Å²) in [5.74, 6) is -4.49. The number of hydrogen-bond donors (Lipinski definition) is 2. The van der Waals surface area contributed by atoms with Gasteiger partial charge in [-0.3, -0.25) is 24.5 Å². The third-order valence-electron chi connectivity index (χ3n) is 5.32. The Labute approximate surface area is 206 Å². The van der Waals surface area contributed by atoms with Crippen molar-refractivity contribution < 1.29 is 38.0 Å². The van der Waals surface area contributed by atoms with Gasteiger partial charge in [0.2, 0.25) is 11.8 Å². The Morgan fingerprint density at radius 2 is 1.69 bits per heavy atom. The number of non-ortho nitro benzene ring substituents is 1. The molecule has 12 heteroatoms. The molecule has 0 bridgehead atoms. The number of nitrogens with zero attached hydrogens (tertiary/aromatic N) is 1. The van der Waals surface area contributed by atoms with Crippen LogP contribution in [0, 0.1) is 15.9 Å². The Morgan fingerprint density at radius 3 is 2.22 bits per heavy atom. The number of amides is 2. The molecule has 0 spiro atoms. The van der Waals surface area contributed by atoms with Crippen molar-refractivity contribution in [2.45, 2.75) is 37.8 Å². The predicted octanol–water partition coefficient (Wildman–Crippen LogP) is 1.79. The van der Waals surface area contributed by atoms with E-state index >= 15 is 0 Å². The van der Waals surface area contributed by atoms with Crippen LogP contribution in [0.5, 0.6) is 0 Å². The summed E-state index contributed by atoms with van der Waals surface area (Å²) in [5, 5.41) is 16.0. The molecule has 0 heterocycles. The highest BCUT2D eigenvalue weighted by atomic mass is 19.1. The first-order valence-electron chi connectivity index (χ1n) is 10.8. The van der Waals surface area contributed by atoms with Gasteiger partial charge in [-0.15, -0.1) is 0 Å². The van der Waals surface area contributed by atoms with Crippen molar-refractivity contribution in [2.24, 2.45) is 0 Å². The number of nitrogens with one attached hydrogen (secondary N) is 2. The third-order valence-corrected chi connectivity index (χ3v) is 5.32. The second-order valence-corrected chi connectivity index (χ2v) is 7.83. The lowest BCUT2D eigenvalue weighted by Crippen LogP contribution is -2.54. The number of nitro groups is 1. The molecular weight excluding hydrogens is 477 g/mol. The SMILES string of the molecule is COC(=O)C[C@@H](c1ccc([N+](=O)[O-])cc1)[C@H](NC(=O)[C@@H](Cc1cccc(F)c1)NC(C)=O)C(=O)OC. The van der Waals surface area contributed by atoms with Gasteiger partial charge in [0.1, 0.15) is 17.9 Å². The van der Waals surface area contributed by atoms with E-state index in [4.69, 9.17) is 9.47 Å². The molecule has 0 aromatic heterocycles. The normalized spacial score (nSPS) is 13.0. The van der Waals surface area contributed by atoms with Crippen LogP contribution in [0.25, 0.3) is 0 Å². The summed E-state index contributed by atoms with van der Waals surface area (Å²) < 4.78 is 23.2. The van der Waals surface area contributed by atoms with Crippen molar-refractivity contribution in [2.75, 3.05) is 14.2 Å². The Kier molecular flexibility index (Phi) is 10.0. The van der Waals surface area contributed by atoms with Crippen molar-refractivity contribution in [3.05, 3.63) is 75.6 Å². The number of hydrogen-bond acceptors (Lipinski definition) is 8. The molecule has 36 heavy (non-hydrogen) atoms. The maximum absolute atomic E-state index is 13.6. The van der Waals surface area contributed by atoms with Gasteiger partial charge in [-0.2, -0.15) is 0 Å². The molecule has 0 radical (unpaired) electrons. The Balaban J connectivity index is 2.42. The van der Waals surface area contributed by atoms with Crippen molar-refractivity contribution in [1.29, 1.82) is 0 Å². The maximum Gasteiger partial charge on any atom is 0.329 e. The van der Waals surface area contributed by atoms with Gasteiger partial charge in [-0.1, -0.05) is 24.3 Å². The Hall–Kier alpha value is -4.35. The van der Waals surface area contributed by atoms with E-state index in [0.717, 1.165) is 14.2 Å². The average molecular weight is 503 g/mol. The molecule has 0 aliphatic rings. The van der Waals surface area contributed by atoms with Crippen molar-refractivity contribution in [3.8, 4) is 0 Å². The molecule has 2 aromatic rings. The highest BCUT2D eigenvalue weighted by molar-refractivity contribution is 5.91. The van der Waals surface area contributed by atoms with Crippen molar-refractivity contribution in [1.82, 2.24) is 10.6 Å². The number of esters is 2. The fraction of sp³-hybridized carbons (Fsp3) is 0.333. The number of halogens is 1. The van der Waals surface area contributed by atoms with Gasteiger partial charge in [0.05, 0.1) is 25.6 Å². The zero-order chi connectivity index (χ0) is 26.8. The number of methoxy groups -OCH3 is 2. The summed E-state index contributed by atoms with van der Waals surface area (Å²) in [6, 6.07) is 7.94. The lowest BCUT2D eigenvalue weighted by atomic mass is 9.87. The molecular formula is C24H26FN3O8. The molecule has 2 rings (SSSR count).